The van der Waals surface area contributed by atoms with Crippen LogP contribution in [-0.2, 0) is 9.53 Å². The Labute approximate surface area is 100 Å². The Morgan fingerprint density at radius 3 is 2.94 bits per heavy atom. The number of esters is 1. The fraction of sp³-hybridized carbons (Fsp3) is 0.357. The Bertz CT molecular complexity index is 465. The standard InChI is InChI=1S/C14H15FO2/c1-9(2)12-7-10(3-4-13(12)15)11-5-6-17-14(16)8-11/h3-4,7,11H,1,5-6,8H2,2H3. The smallest absolute Gasteiger partial charge is 0.306 e. The van der Waals surface area contributed by atoms with Crippen molar-refractivity contribution in [1.82, 2.24) is 0 Å². The number of carbonyl (C=O) groups excluding carboxylic acids is 1. The first-order valence-electron chi connectivity index (χ1n) is 5.69. The highest BCUT2D eigenvalue weighted by Gasteiger charge is 2.22. The largest absolute Gasteiger partial charge is 0.466 e. The van der Waals surface area contributed by atoms with E-state index in [9.17, 15) is 9.18 Å². The molecule has 0 N–H and O–H groups in total. The molecule has 1 aromatic carbocycles. The Kier molecular flexibility index (Phi) is 3.27. The molecule has 1 atom stereocenters. The van der Waals surface area contributed by atoms with Crippen LogP contribution in [0.3, 0.4) is 0 Å². The topological polar surface area (TPSA) is 26.3 Å². The van der Waals surface area contributed by atoms with Crippen LogP contribution in [0.2, 0.25) is 0 Å². The van der Waals surface area contributed by atoms with Crippen LogP contribution in [0, 0.1) is 5.82 Å². The lowest BCUT2D eigenvalue weighted by Gasteiger charge is -2.22. The fourth-order valence-corrected chi connectivity index (χ4v) is 2.09. The van der Waals surface area contributed by atoms with Gasteiger partial charge in [0.2, 0.25) is 0 Å². The van der Waals surface area contributed by atoms with Crippen LogP contribution in [0.1, 0.15) is 36.8 Å². The molecular formula is C14H15FO2. The van der Waals surface area contributed by atoms with Crippen molar-refractivity contribution in [2.45, 2.75) is 25.7 Å². The molecule has 0 aromatic heterocycles. The maximum atomic E-state index is 13.5. The second-order valence-electron chi connectivity index (χ2n) is 4.43. The second-order valence-corrected chi connectivity index (χ2v) is 4.43. The zero-order valence-electron chi connectivity index (χ0n) is 9.83. The van der Waals surface area contributed by atoms with Gasteiger partial charge in [-0.25, -0.2) is 4.39 Å². The molecule has 2 rings (SSSR count). The highest BCUT2D eigenvalue weighted by atomic mass is 19.1. The number of hydrogen-bond donors (Lipinski definition) is 0. The van der Waals surface area contributed by atoms with E-state index in [-0.39, 0.29) is 17.7 Å². The van der Waals surface area contributed by atoms with Crippen LogP contribution in [-0.4, -0.2) is 12.6 Å². The molecule has 90 valence electrons. The summed E-state index contributed by atoms with van der Waals surface area (Å²) in [6, 6.07) is 4.98. The van der Waals surface area contributed by atoms with Crippen molar-refractivity contribution in [2.24, 2.45) is 0 Å². The van der Waals surface area contributed by atoms with Crippen LogP contribution in [0.15, 0.2) is 24.8 Å². The van der Waals surface area contributed by atoms with Gasteiger partial charge in [-0.1, -0.05) is 12.6 Å². The molecule has 0 radical (unpaired) electrons. The van der Waals surface area contributed by atoms with Crippen molar-refractivity contribution >= 4 is 11.5 Å². The van der Waals surface area contributed by atoms with Crippen molar-refractivity contribution in [3.63, 3.8) is 0 Å². The number of carbonyl (C=O) groups is 1. The zero-order valence-corrected chi connectivity index (χ0v) is 9.83. The first-order chi connectivity index (χ1) is 8.08. The monoisotopic (exact) mass is 234 g/mol. The fourth-order valence-electron chi connectivity index (χ4n) is 2.09. The Morgan fingerprint density at radius 2 is 2.29 bits per heavy atom. The summed E-state index contributed by atoms with van der Waals surface area (Å²) in [5.41, 5.74) is 2.21. The summed E-state index contributed by atoms with van der Waals surface area (Å²) in [5, 5.41) is 0. The van der Waals surface area contributed by atoms with Gasteiger partial charge in [-0.2, -0.15) is 0 Å². The van der Waals surface area contributed by atoms with Gasteiger partial charge in [-0.05, 0) is 42.5 Å². The number of halogens is 1. The quantitative estimate of drug-likeness (QED) is 0.734. The van der Waals surface area contributed by atoms with E-state index >= 15 is 0 Å². The van der Waals surface area contributed by atoms with E-state index < -0.39 is 0 Å². The van der Waals surface area contributed by atoms with Crippen LogP contribution >= 0.6 is 0 Å². The normalized spacial score (nSPS) is 19.9. The lowest BCUT2D eigenvalue weighted by Crippen LogP contribution is -2.19. The third-order valence-electron chi connectivity index (χ3n) is 3.06. The van der Waals surface area contributed by atoms with Gasteiger partial charge in [0.25, 0.3) is 0 Å². The summed E-state index contributed by atoms with van der Waals surface area (Å²) in [7, 11) is 0. The van der Waals surface area contributed by atoms with Gasteiger partial charge >= 0.3 is 5.97 Å². The predicted molar refractivity (Wildman–Crippen MR) is 64.0 cm³/mol. The lowest BCUT2D eigenvalue weighted by atomic mass is 9.89. The molecule has 1 aliphatic rings. The van der Waals surface area contributed by atoms with Gasteiger partial charge in [-0.15, -0.1) is 0 Å². The van der Waals surface area contributed by atoms with Crippen molar-refractivity contribution in [3.05, 3.63) is 41.7 Å². The van der Waals surface area contributed by atoms with Gasteiger partial charge < -0.3 is 4.74 Å². The molecule has 1 aromatic rings. The molecule has 0 aliphatic carbocycles. The number of benzene rings is 1. The molecule has 1 fully saturated rings. The van der Waals surface area contributed by atoms with Gasteiger partial charge in [-0.3, -0.25) is 4.79 Å². The molecule has 0 spiro atoms. The molecular weight excluding hydrogens is 219 g/mol. The number of hydrogen-bond acceptors (Lipinski definition) is 2. The van der Waals surface area contributed by atoms with Crippen LogP contribution in [0.4, 0.5) is 4.39 Å². The Morgan fingerprint density at radius 1 is 1.53 bits per heavy atom. The van der Waals surface area contributed by atoms with Crippen molar-refractivity contribution in [2.75, 3.05) is 6.61 Å². The molecule has 0 saturated carbocycles. The zero-order chi connectivity index (χ0) is 12.4. The van der Waals surface area contributed by atoms with Gasteiger partial charge in [0.1, 0.15) is 5.82 Å². The molecule has 0 amide bonds. The summed E-state index contributed by atoms with van der Waals surface area (Å²) in [5.74, 6) is -0.308. The molecule has 3 heteroatoms. The number of rotatable bonds is 2. The average Bonchev–Trinajstić information content (AvgIpc) is 2.29. The average molecular weight is 234 g/mol. The maximum absolute atomic E-state index is 13.5. The maximum Gasteiger partial charge on any atom is 0.306 e. The van der Waals surface area contributed by atoms with E-state index in [1.165, 1.54) is 6.07 Å². The molecule has 17 heavy (non-hydrogen) atoms. The second kappa shape index (κ2) is 4.70. The number of cyclic esters (lactones) is 1. The third-order valence-corrected chi connectivity index (χ3v) is 3.06. The molecule has 1 heterocycles. The van der Waals surface area contributed by atoms with Gasteiger partial charge in [0, 0.05) is 5.56 Å². The van der Waals surface area contributed by atoms with Gasteiger partial charge in [0.15, 0.2) is 0 Å². The summed E-state index contributed by atoms with van der Waals surface area (Å²) in [6.07, 6.45) is 1.17. The van der Waals surface area contributed by atoms with Crippen molar-refractivity contribution < 1.29 is 13.9 Å². The van der Waals surface area contributed by atoms with Crippen molar-refractivity contribution in [1.29, 1.82) is 0 Å². The highest BCUT2D eigenvalue weighted by molar-refractivity contribution is 5.71. The minimum absolute atomic E-state index is 0.134. The lowest BCUT2D eigenvalue weighted by molar-refractivity contribution is -0.147. The Balaban J connectivity index is 2.29. The SMILES string of the molecule is C=C(C)c1cc(C2CCOC(=O)C2)ccc1F. The highest BCUT2D eigenvalue weighted by Crippen LogP contribution is 2.30. The predicted octanol–water partition coefficient (Wildman–Crippen LogP) is 3.28. The molecule has 1 saturated heterocycles. The van der Waals surface area contributed by atoms with Crippen molar-refractivity contribution in [3.8, 4) is 0 Å². The first kappa shape index (κ1) is 11.8. The summed E-state index contributed by atoms with van der Waals surface area (Å²) in [4.78, 5) is 11.2. The van der Waals surface area contributed by atoms with E-state index in [0.717, 1.165) is 12.0 Å². The van der Waals surface area contributed by atoms with Crippen LogP contribution in [0.25, 0.3) is 5.57 Å². The number of ether oxygens (including phenoxy) is 1. The third kappa shape index (κ3) is 2.54. The van der Waals surface area contributed by atoms with Gasteiger partial charge in [0.05, 0.1) is 13.0 Å². The van der Waals surface area contributed by atoms with Crippen LogP contribution in [0.5, 0.6) is 0 Å². The van der Waals surface area contributed by atoms with E-state index in [1.807, 2.05) is 0 Å². The minimum Gasteiger partial charge on any atom is -0.466 e. The molecule has 1 unspecified atom stereocenters. The minimum atomic E-state index is -0.264. The summed E-state index contributed by atoms with van der Waals surface area (Å²) in [6.45, 7) is 5.98. The Hall–Kier alpha value is -1.64. The summed E-state index contributed by atoms with van der Waals surface area (Å²) >= 11 is 0. The van der Waals surface area contributed by atoms with E-state index in [0.29, 0.717) is 24.2 Å². The first-order valence-corrected chi connectivity index (χ1v) is 5.69. The molecule has 2 nitrogen and oxygen atoms in total. The van der Waals surface area contributed by atoms with E-state index in [1.54, 1.807) is 19.1 Å². The van der Waals surface area contributed by atoms with Crippen LogP contribution < -0.4 is 0 Å². The summed E-state index contributed by atoms with van der Waals surface area (Å²) < 4.78 is 18.4. The molecule has 0 bridgehead atoms. The van der Waals surface area contributed by atoms with E-state index in [4.69, 9.17) is 4.74 Å². The number of allylic oxidation sites excluding steroid dienone is 1. The van der Waals surface area contributed by atoms with E-state index in [2.05, 4.69) is 6.58 Å². The molecule has 1 aliphatic heterocycles.